The second-order valence-electron chi connectivity index (χ2n) is 5.04. The Balaban J connectivity index is 1.62. The minimum Gasteiger partial charge on any atom is -0.507 e. The van der Waals surface area contributed by atoms with Crippen LogP contribution in [0, 0.1) is 0 Å². The largest absolute Gasteiger partial charge is 0.507 e. The van der Waals surface area contributed by atoms with Crippen molar-refractivity contribution in [2.24, 2.45) is 4.99 Å². The number of nitrogens with zero attached hydrogens (tertiary/aromatic N) is 2. The van der Waals surface area contributed by atoms with Gasteiger partial charge in [0, 0.05) is 40.6 Å². The van der Waals surface area contributed by atoms with Crippen LogP contribution in [-0.4, -0.2) is 29.4 Å². The van der Waals surface area contributed by atoms with Crippen LogP contribution in [0.4, 0.5) is 5.69 Å². The fraction of sp³-hybridized carbons (Fsp3) is 0.111. The summed E-state index contributed by atoms with van der Waals surface area (Å²) in [4.78, 5) is 8.64. The molecule has 2 aromatic carbocycles. The Morgan fingerprint density at radius 1 is 1.17 bits per heavy atom. The molecule has 0 aliphatic rings. The van der Waals surface area contributed by atoms with E-state index in [0.717, 1.165) is 22.2 Å². The van der Waals surface area contributed by atoms with Crippen molar-refractivity contribution in [1.29, 1.82) is 0 Å². The molecule has 2 N–H and O–H groups in total. The van der Waals surface area contributed by atoms with Gasteiger partial charge in [0.05, 0.1) is 12.1 Å². The van der Waals surface area contributed by atoms with Gasteiger partial charge in [-0.25, -0.2) is 0 Å². The number of anilines is 1. The highest BCUT2D eigenvalue weighted by Crippen LogP contribution is 2.24. The lowest BCUT2D eigenvalue weighted by Crippen LogP contribution is -2.05. The molecule has 0 spiro atoms. The van der Waals surface area contributed by atoms with Crippen LogP contribution in [0.15, 0.2) is 59.7 Å². The fourth-order valence-corrected chi connectivity index (χ4v) is 2.46. The maximum Gasteiger partial charge on any atom is 0.124 e. The molecule has 0 unspecified atom stereocenters. The van der Waals surface area contributed by atoms with E-state index < -0.39 is 0 Å². The van der Waals surface area contributed by atoms with Gasteiger partial charge in [-0.05, 0) is 36.4 Å². The molecule has 0 aliphatic carbocycles. The van der Waals surface area contributed by atoms with E-state index in [2.05, 4.69) is 15.3 Å². The number of hydrogen-bond acceptors (Lipinski definition) is 4. The molecular formula is C18H16ClN3O. The highest BCUT2D eigenvalue weighted by atomic mass is 35.5. The topological polar surface area (TPSA) is 57.5 Å². The second-order valence-corrected chi connectivity index (χ2v) is 5.48. The normalized spacial score (nSPS) is 11.2. The van der Waals surface area contributed by atoms with E-state index >= 15 is 0 Å². The molecule has 0 radical (unpaired) electrons. The van der Waals surface area contributed by atoms with Gasteiger partial charge in [0.1, 0.15) is 5.75 Å². The average Bonchev–Trinajstić information content (AvgIpc) is 2.56. The monoisotopic (exact) mass is 325 g/mol. The van der Waals surface area contributed by atoms with Crippen molar-refractivity contribution < 1.29 is 5.11 Å². The summed E-state index contributed by atoms with van der Waals surface area (Å²) in [6, 6.07) is 14.7. The quantitative estimate of drug-likeness (QED) is 0.548. The van der Waals surface area contributed by atoms with Crippen molar-refractivity contribution >= 4 is 34.4 Å². The Bertz CT molecular complexity index is 849. The highest BCUT2D eigenvalue weighted by molar-refractivity contribution is 6.31. The van der Waals surface area contributed by atoms with Gasteiger partial charge in [-0.15, -0.1) is 0 Å². The maximum atomic E-state index is 9.66. The standard InChI is InChI=1S/C18H16ClN3O/c19-14-5-6-15-16(7-8-21-17(15)11-14)22-10-9-20-12-13-3-1-2-4-18(13)23/h1-8,11-12,23H,9-10H2,(H,21,22). The van der Waals surface area contributed by atoms with Crippen molar-refractivity contribution in [3.63, 3.8) is 0 Å². The van der Waals surface area contributed by atoms with Crippen molar-refractivity contribution in [1.82, 2.24) is 4.98 Å². The first-order valence-corrected chi connectivity index (χ1v) is 7.68. The molecular weight excluding hydrogens is 310 g/mol. The van der Waals surface area contributed by atoms with Crippen molar-refractivity contribution in [3.05, 3.63) is 65.3 Å². The zero-order valence-corrected chi connectivity index (χ0v) is 13.2. The lowest BCUT2D eigenvalue weighted by molar-refractivity contribution is 0.474. The van der Waals surface area contributed by atoms with Gasteiger partial charge in [0.2, 0.25) is 0 Å². The van der Waals surface area contributed by atoms with E-state index in [0.29, 0.717) is 18.1 Å². The SMILES string of the molecule is Oc1ccccc1C=NCCNc1ccnc2cc(Cl)ccc12. The van der Waals surface area contributed by atoms with Crippen LogP contribution >= 0.6 is 11.6 Å². The van der Waals surface area contributed by atoms with Gasteiger partial charge in [-0.3, -0.25) is 9.98 Å². The third-order valence-electron chi connectivity index (χ3n) is 3.43. The summed E-state index contributed by atoms with van der Waals surface area (Å²) in [6.07, 6.45) is 3.44. The number of aliphatic imine (C=N–C) groups is 1. The van der Waals surface area contributed by atoms with Crippen molar-refractivity contribution in [3.8, 4) is 5.75 Å². The zero-order valence-electron chi connectivity index (χ0n) is 12.4. The number of para-hydroxylation sites is 1. The Kier molecular flexibility index (Phi) is 4.74. The minimum atomic E-state index is 0.237. The van der Waals surface area contributed by atoms with Crippen LogP contribution in [0.3, 0.4) is 0 Å². The third-order valence-corrected chi connectivity index (χ3v) is 3.66. The molecule has 1 heterocycles. The number of halogens is 1. The number of rotatable bonds is 5. The third kappa shape index (κ3) is 3.79. The predicted octanol–water partition coefficient (Wildman–Crippen LogP) is 4.12. The van der Waals surface area contributed by atoms with Gasteiger partial charge in [-0.2, -0.15) is 0 Å². The van der Waals surface area contributed by atoms with E-state index in [9.17, 15) is 5.11 Å². The number of phenolic OH excluding ortho intramolecular Hbond substituents is 1. The first kappa shape index (κ1) is 15.3. The molecule has 5 heteroatoms. The first-order valence-electron chi connectivity index (χ1n) is 7.30. The summed E-state index contributed by atoms with van der Waals surface area (Å²) in [5.41, 5.74) is 2.58. The highest BCUT2D eigenvalue weighted by Gasteiger charge is 2.01. The molecule has 23 heavy (non-hydrogen) atoms. The lowest BCUT2D eigenvalue weighted by Gasteiger charge is -2.08. The van der Waals surface area contributed by atoms with Crippen molar-refractivity contribution in [2.75, 3.05) is 18.4 Å². The Morgan fingerprint density at radius 3 is 2.91 bits per heavy atom. The predicted molar refractivity (Wildman–Crippen MR) is 95.8 cm³/mol. The molecule has 0 amide bonds. The van der Waals surface area contributed by atoms with Crippen LogP contribution in [0.2, 0.25) is 5.02 Å². The number of pyridine rings is 1. The minimum absolute atomic E-state index is 0.237. The summed E-state index contributed by atoms with van der Waals surface area (Å²) < 4.78 is 0. The summed E-state index contributed by atoms with van der Waals surface area (Å²) in [7, 11) is 0. The Hall–Kier alpha value is -2.59. The summed E-state index contributed by atoms with van der Waals surface area (Å²) >= 11 is 5.99. The molecule has 116 valence electrons. The van der Waals surface area contributed by atoms with Crippen LogP contribution in [0.5, 0.6) is 5.75 Å². The molecule has 0 aliphatic heterocycles. The number of fused-ring (bicyclic) bond motifs is 1. The van der Waals surface area contributed by atoms with Gasteiger partial charge >= 0.3 is 0 Å². The molecule has 1 aromatic heterocycles. The summed E-state index contributed by atoms with van der Waals surface area (Å²) in [6.45, 7) is 1.29. The molecule has 3 aromatic rings. The van der Waals surface area contributed by atoms with Gasteiger partial charge in [0.25, 0.3) is 0 Å². The van der Waals surface area contributed by atoms with Gasteiger partial charge in [-0.1, -0.05) is 23.7 Å². The van der Waals surface area contributed by atoms with E-state index in [1.54, 1.807) is 24.5 Å². The van der Waals surface area contributed by atoms with E-state index in [1.807, 2.05) is 36.4 Å². The van der Waals surface area contributed by atoms with Crippen LogP contribution < -0.4 is 5.32 Å². The molecule has 0 fully saturated rings. The van der Waals surface area contributed by atoms with Crippen molar-refractivity contribution in [2.45, 2.75) is 0 Å². The Labute approximate surface area is 139 Å². The number of aromatic hydroxyl groups is 1. The van der Waals surface area contributed by atoms with E-state index in [1.165, 1.54) is 0 Å². The maximum absolute atomic E-state index is 9.66. The molecule has 0 atom stereocenters. The number of nitrogens with one attached hydrogen (secondary N) is 1. The van der Waals surface area contributed by atoms with E-state index in [4.69, 9.17) is 11.6 Å². The zero-order chi connectivity index (χ0) is 16.1. The fourth-order valence-electron chi connectivity index (χ4n) is 2.29. The molecule has 0 bridgehead atoms. The average molecular weight is 326 g/mol. The summed E-state index contributed by atoms with van der Waals surface area (Å²) in [5.74, 6) is 0.237. The molecule has 0 saturated carbocycles. The van der Waals surface area contributed by atoms with E-state index in [-0.39, 0.29) is 5.75 Å². The number of aromatic nitrogens is 1. The lowest BCUT2D eigenvalue weighted by atomic mass is 10.2. The smallest absolute Gasteiger partial charge is 0.124 e. The first-order chi connectivity index (χ1) is 11.2. The Morgan fingerprint density at radius 2 is 2.04 bits per heavy atom. The summed E-state index contributed by atoms with van der Waals surface area (Å²) in [5, 5.41) is 14.7. The number of hydrogen-bond donors (Lipinski definition) is 2. The number of phenols is 1. The number of benzene rings is 2. The molecule has 0 saturated heterocycles. The van der Waals surface area contributed by atoms with Gasteiger partial charge in [0.15, 0.2) is 0 Å². The van der Waals surface area contributed by atoms with Gasteiger partial charge < -0.3 is 10.4 Å². The van der Waals surface area contributed by atoms with Crippen LogP contribution in [-0.2, 0) is 0 Å². The van der Waals surface area contributed by atoms with Crippen LogP contribution in [0.25, 0.3) is 10.9 Å². The molecule has 3 rings (SSSR count). The second kappa shape index (κ2) is 7.11. The molecule has 4 nitrogen and oxygen atoms in total. The van der Waals surface area contributed by atoms with Crippen LogP contribution in [0.1, 0.15) is 5.56 Å².